The van der Waals surface area contributed by atoms with Gasteiger partial charge in [-0.25, -0.2) is 4.98 Å². The average Bonchev–Trinajstić information content (AvgIpc) is 2.81. The number of nitriles is 1. The largest absolute Gasteiger partial charge is 0.493 e. The van der Waals surface area contributed by atoms with E-state index in [1.807, 2.05) is 13.0 Å². The molecule has 0 atom stereocenters. The number of nitrogens with zero attached hydrogens (tertiary/aromatic N) is 5. The number of aromatic nitrogens is 2. The molecule has 170 valence electrons. The fourth-order valence-electron chi connectivity index (χ4n) is 3.15. The van der Waals surface area contributed by atoms with Crippen LogP contribution in [0.4, 0.5) is 5.69 Å². The maximum Gasteiger partial charge on any atom is 0.315 e. The number of halogens is 1. The molecular weight excluding hydrogens is 494 g/mol. The Morgan fingerprint density at radius 3 is 2.82 bits per heavy atom. The number of rotatable bonds is 9. The molecule has 0 aliphatic carbocycles. The molecule has 2 aromatic carbocycles. The Balaban J connectivity index is 2.13. The predicted molar refractivity (Wildman–Crippen MR) is 126 cm³/mol. The monoisotopic (exact) mass is 513 g/mol. The molecule has 0 spiro atoms. The lowest BCUT2D eigenvalue weighted by atomic mass is 10.2. The first-order chi connectivity index (χ1) is 15.9. The van der Waals surface area contributed by atoms with Crippen molar-refractivity contribution in [3.63, 3.8) is 0 Å². The lowest BCUT2D eigenvalue weighted by Gasteiger charge is -2.11. The van der Waals surface area contributed by atoms with Gasteiger partial charge in [-0.1, -0.05) is 29.3 Å². The molecule has 3 aromatic rings. The molecular formula is C22H20BrN5O5. The average molecular weight is 514 g/mol. The van der Waals surface area contributed by atoms with Gasteiger partial charge in [0.25, 0.3) is 5.56 Å². The van der Waals surface area contributed by atoms with E-state index in [-0.39, 0.29) is 29.4 Å². The third-order valence-electron chi connectivity index (χ3n) is 4.71. The predicted octanol–water partition coefficient (Wildman–Crippen LogP) is 4.20. The van der Waals surface area contributed by atoms with Crippen molar-refractivity contribution in [1.29, 1.82) is 5.26 Å². The van der Waals surface area contributed by atoms with Crippen molar-refractivity contribution in [2.24, 2.45) is 5.10 Å². The third-order valence-corrected chi connectivity index (χ3v) is 5.20. The second-order valence-electron chi connectivity index (χ2n) is 6.93. The Kier molecular flexibility index (Phi) is 7.74. The smallest absolute Gasteiger partial charge is 0.315 e. The molecule has 0 radical (unpaired) electrons. The number of unbranched alkanes of at least 4 members (excludes halogenated alkanes) is 1. The Bertz CT molecular complexity index is 1330. The van der Waals surface area contributed by atoms with Crippen LogP contribution in [-0.4, -0.2) is 34.5 Å². The minimum Gasteiger partial charge on any atom is -0.493 e. The third kappa shape index (κ3) is 5.35. The van der Waals surface area contributed by atoms with Crippen molar-refractivity contribution in [3.8, 4) is 17.6 Å². The molecule has 0 fully saturated rings. The van der Waals surface area contributed by atoms with Gasteiger partial charge in [0, 0.05) is 22.5 Å². The van der Waals surface area contributed by atoms with Gasteiger partial charge in [0.15, 0.2) is 12.4 Å². The van der Waals surface area contributed by atoms with Crippen molar-refractivity contribution in [2.75, 3.05) is 13.7 Å². The summed E-state index contributed by atoms with van der Waals surface area (Å²) in [5.41, 5.74) is 0.145. The summed E-state index contributed by atoms with van der Waals surface area (Å²) in [6, 6.07) is 9.73. The van der Waals surface area contributed by atoms with Crippen LogP contribution in [0.2, 0.25) is 0 Å². The SMILES string of the molecule is CCCCc1nc2ccc(Br)cc2c(=O)n1N=Cc1cc(OC)c(OCC#N)c([N+](=O)[O-])c1. The number of nitro benzene ring substituents is 1. The minimum atomic E-state index is -0.638. The lowest BCUT2D eigenvalue weighted by Crippen LogP contribution is -2.22. The van der Waals surface area contributed by atoms with Gasteiger partial charge in [0.05, 0.1) is 29.2 Å². The number of nitro groups is 1. The van der Waals surface area contributed by atoms with Crippen LogP contribution >= 0.6 is 15.9 Å². The first-order valence-electron chi connectivity index (χ1n) is 10.0. The zero-order chi connectivity index (χ0) is 24.0. The molecule has 0 bridgehead atoms. The summed E-state index contributed by atoms with van der Waals surface area (Å²) in [4.78, 5) is 28.7. The number of hydrogen-bond acceptors (Lipinski definition) is 8. The van der Waals surface area contributed by atoms with E-state index in [1.165, 1.54) is 30.1 Å². The van der Waals surface area contributed by atoms with Crippen LogP contribution in [0, 0.1) is 21.4 Å². The van der Waals surface area contributed by atoms with Crippen LogP contribution in [0.15, 0.2) is 44.7 Å². The van der Waals surface area contributed by atoms with Crippen LogP contribution in [0.3, 0.4) is 0 Å². The summed E-state index contributed by atoms with van der Waals surface area (Å²) >= 11 is 3.37. The molecule has 0 saturated carbocycles. The standard InChI is InChI=1S/C22H20BrN5O5/c1-3-4-5-20-26-17-7-6-15(23)12-16(17)22(29)27(20)25-13-14-10-18(28(30)31)21(33-9-8-24)19(11-14)32-2/h6-7,10-13H,3-5,9H2,1-2H3. The van der Waals surface area contributed by atoms with Gasteiger partial charge < -0.3 is 9.47 Å². The van der Waals surface area contributed by atoms with Crippen molar-refractivity contribution in [2.45, 2.75) is 26.2 Å². The summed E-state index contributed by atoms with van der Waals surface area (Å²) < 4.78 is 12.3. The first kappa shape index (κ1) is 23.9. The van der Waals surface area contributed by atoms with Crippen LogP contribution in [0.25, 0.3) is 10.9 Å². The summed E-state index contributed by atoms with van der Waals surface area (Å²) in [7, 11) is 1.33. The van der Waals surface area contributed by atoms with E-state index in [0.717, 1.165) is 17.3 Å². The molecule has 0 aliphatic heterocycles. The molecule has 0 amide bonds. The fraction of sp³-hybridized carbons (Fsp3) is 0.273. The van der Waals surface area contributed by atoms with Gasteiger partial charge in [-0.2, -0.15) is 15.0 Å². The maximum absolute atomic E-state index is 13.2. The lowest BCUT2D eigenvalue weighted by molar-refractivity contribution is -0.385. The molecule has 1 heterocycles. The zero-order valence-electron chi connectivity index (χ0n) is 17.9. The van der Waals surface area contributed by atoms with Crippen LogP contribution in [-0.2, 0) is 6.42 Å². The Morgan fingerprint density at radius 1 is 1.36 bits per heavy atom. The second-order valence-corrected chi connectivity index (χ2v) is 7.85. The summed E-state index contributed by atoms with van der Waals surface area (Å²) in [5, 5.41) is 25.0. The molecule has 0 unspecified atom stereocenters. The minimum absolute atomic E-state index is 0.0695. The highest BCUT2D eigenvalue weighted by Crippen LogP contribution is 2.38. The summed E-state index contributed by atoms with van der Waals surface area (Å²) in [5.74, 6) is 0.405. The summed E-state index contributed by atoms with van der Waals surface area (Å²) in [6.45, 7) is 1.66. The van der Waals surface area contributed by atoms with Gasteiger partial charge in [0.1, 0.15) is 11.9 Å². The van der Waals surface area contributed by atoms with E-state index in [2.05, 4.69) is 26.0 Å². The highest BCUT2D eigenvalue weighted by Gasteiger charge is 2.22. The molecule has 10 nitrogen and oxygen atoms in total. The molecule has 11 heteroatoms. The van der Waals surface area contributed by atoms with E-state index < -0.39 is 4.92 Å². The van der Waals surface area contributed by atoms with Crippen molar-refractivity contribution in [3.05, 3.63) is 66.7 Å². The Labute approximate surface area is 197 Å². The Hall–Kier alpha value is -3.78. The van der Waals surface area contributed by atoms with Gasteiger partial charge in [-0.05, 0) is 30.7 Å². The molecule has 0 saturated heterocycles. The number of ether oxygens (including phenoxy) is 2. The number of aryl methyl sites for hydroxylation is 1. The highest BCUT2D eigenvalue weighted by atomic mass is 79.9. The van der Waals surface area contributed by atoms with E-state index in [9.17, 15) is 14.9 Å². The number of hydrogen-bond donors (Lipinski definition) is 0. The Morgan fingerprint density at radius 2 is 2.15 bits per heavy atom. The fourth-order valence-corrected chi connectivity index (χ4v) is 3.52. The van der Waals surface area contributed by atoms with Crippen molar-refractivity contribution in [1.82, 2.24) is 9.66 Å². The number of fused-ring (bicyclic) bond motifs is 1. The van der Waals surface area contributed by atoms with Crippen molar-refractivity contribution < 1.29 is 14.4 Å². The van der Waals surface area contributed by atoms with Gasteiger partial charge >= 0.3 is 5.69 Å². The van der Waals surface area contributed by atoms with E-state index in [0.29, 0.717) is 28.7 Å². The quantitative estimate of drug-likeness (QED) is 0.237. The molecule has 0 N–H and O–H groups in total. The highest BCUT2D eigenvalue weighted by molar-refractivity contribution is 9.10. The van der Waals surface area contributed by atoms with Crippen molar-refractivity contribution >= 4 is 38.7 Å². The number of methoxy groups -OCH3 is 1. The topological polar surface area (TPSA) is 133 Å². The van der Waals surface area contributed by atoms with Crippen LogP contribution in [0.5, 0.6) is 11.5 Å². The maximum atomic E-state index is 13.2. The second kappa shape index (κ2) is 10.7. The molecule has 1 aromatic heterocycles. The first-order valence-corrected chi connectivity index (χ1v) is 10.8. The van der Waals surface area contributed by atoms with Gasteiger partial charge in [-0.15, -0.1) is 0 Å². The van der Waals surface area contributed by atoms with E-state index in [4.69, 9.17) is 14.7 Å². The summed E-state index contributed by atoms with van der Waals surface area (Å²) in [6.07, 6.45) is 3.59. The van der Waals surface area contributed by atoms with Gasteiger partial charge in [0.2, 0.25) is 5.75 Å². The normalized spacial score (nSPS) is 11.0. The van der Waals surface area contributed by atoms with E-state index >= 15 is 0 Å². The van der Waals surface area contributed by atoms with E-state index in [1.54, 1.807) is 18.2 Å². The van der Waals surface area contributed by atoms with Gasteiger partial charge in [-0.3, -0.25) is 14.9 Å². The van der Waals surface area contributed by atoms with Crippen LogP contribution < -0.4 is 15.0 Å². The number of benzene rings is 2. The molecule has 33 heavy (non-hydrogen) atoms. The molecule has 3 rings (SSSR count). The molecule has 0 aliphatic rings. The zero-order valence-corrected chi connectivity index (χ0v) is 19.5. The van der Waals surface area contributed by atoms with Crippen LogP contribution in [0.1, 0.15) is 31.2 Å².